The first kappa shape index (κ1) is 10.3. The Labute approximate surface area is 88.6 Å². The molecule has 1 saturated carbocycles. The standard InChI is InChI=1S/C10H16N2O3/c1-11(2)8(13)7-3-10(4-7)5-12(6-10)9(14)15/h7H,3-6H2,1-2H3,(H,14,15). The number of carbonyl (C=O) groups excluding carboxylic acids is 1. The molecule has 1 heterocycles. The van der Waals surface area contributed by atoms with E-state index in [4.69, 9.17) is 5.11 Å². The summed E-state index contributed by atoms with van der Waals surface area (Å²) in [6.07, 6.45) is 0.865. The highest BCUT2D eigenvalue weighted by Crippen LogP contribution is 2.52. The minimum absolute atomic E-state index is 0.121. The van der Waals surface area contributed by atoms with E-state index >= 15 is 0 Å². The van der Waals surface area contributed by atoms with E-state index in [1.807, 2.05) is 0 Å². The van der Waals surface area contributed by atoms with Crippen LogP contribution in [0.5, 0.6) is 0 Å². The second-order valence-corrected chi connectivity index (χ2v) is 4.98. The molecule has 0 radical (unpaired) electrons. The van der Waals surface area contributed by atoms with Crippen LogP contribution in [-0.2, 0) is 4.79 Å². The van der Waals surface area contributed by atoms with Gasteiger partial charge in [-0.2, -0.15) is 0 Å². The lowest BCUT2D eigenvalue weighted by Crippen LogP contribution is -2.65. The van der Waals surface area contributed by atoms with Crippen LogP contribution in [0.1, 0.15) is 12.8 Å². The van der Waals surface area contributed by atoms with Crippen molar-refractivity contribution in [2.75, 3.05) is 27.2 Å². The summed E-state index contributed by atoms with van der Waals surface area (Å²) in [4.78, 5) is 25.2. The zero-order valence-electron chi connectivity index (χ0n) is 9.06. The van der Waals surface area contributed by atoms with E-state index in [-0.39, 0.29) is 17.2 Å². The summed E-state index contributed by atoms with van der Waals surface area (Å²) in [5, 5.41) is 8.70. The SMILES string of the molecule is CN(C)C(=O)C1CC2(C1)CN(C(=O)O)C2. The molecule has 5 nitrogen and oxygen atoms in total. The highest BCUT2D eigenvalue weighted by molar-refractivity contribution is 5.79. The fraction of sp³-hybridized carbons (Fsp3) is 0.800. The molecule has 2 amide bonds. The van der Waals surface area contributed by atoms with Crippen LogP contribution in [0.25, 0.3) is 0 Å². The van der Waals surface area contributed by atoms with Crippen molar-refractivity contribution < 1.29 is 14.7 Å². The summed E-state index contributed by atoms with van der Waals surface area (Å²) in [6.45, 7) is 1.22. The van der Waals surface area contributed by atoms with Crippen molar-refractivity contribution in [2.24, 2.45) is 11.3 Å². The molecule has 0 aromatic rings. The normalized spacial score (nSPS) is 23.2. The second kappa shape index (κ2) is 3.12. The highest BCUT2D eigenvalue weighted by atomic mass is 16.4. The number of likely N-dealkylation sites (tertiary alicyclic amines) is 1. The molecule has 0 aromatic carbocycles. The minimum Gasteiger partial charge on any atom is -0.465 e. The molecule has 1 aliphatic carbocycles. The lowest BCUT2D eigenvalue weighted by Gasteiger charge is -2.57. The lowest BCUT2D eigenvalue weighted by atomic mass is 9.57. The molecule has 1 N–H and O–H groups in total. The molecule has 84 valence electrons. The van der Waals surface area contributed by atoms with Gasteiger partial charge < -0.3 is 14.9 Å². The predicted molar refractivity (Wildman–Crippen MR) is 53.4 cm³/mol. The molecular weight excluding hydrogens is 196 g/mol. The maximum absolute atomic E-state index is 11.6. The first-order chi connectivity index (χ1) is 6.93. The predicted octanol–water partition coefficient (Wildman–Crippen LogP) is 0.465. The molecule has 0 atom stereocenters. The van der Waals surface area contributed by atoms with Crippen LogP contribution in [0.2, 0.25) is 0 Å². The van der Waals surface area contributed by atoms with E-state index in [0.29, 0.717) is 13.1 Å². The molecular formula is C10H16N2O3. The summed E-state index contributed by atoms with van der Waals surface area (Å²) < 4.78 is 0. The van der Waals surface area contributed by atoms with E-state index in [1.165, 1.54) is 4.90 Å². The Hall–Kier alpha value is -1.26. The van der Waals surface area contributed by atoms with Crippen molar-refractivity contribution in [3.05, 3.63) is 0 Å². The Morgan fingerprint density at radius 3 is 2.27 bits per heavy atom. The molecule has 2 aliphatic rings. The minimum atomic E-state index is -0.844. The van der Waals surface area contributed by atoms with Gasteiger partial charge in [0, 0.05) is 38.5 Å². The van der Waals surface area contributed by atoms with Crippen molar-refractivity contribution >= 4 is 12.0 Å². The van der Waals surface area contributed by atoms with Gasteiger partial charge in [-0.3, -0.25) is 4.79 Å². The van der Waals surface area contributed by atoms with Gasteiger partial charge >= 0.3 is 6.09 Å². The van der Waals surface area contributed by atoms with Crippen LogP contribution in [0.3, 0.4) is 0 Å². The van der Waals surface area contributed by atoms with Crippen molar-refractivity contribution in [3.8, 4) is 0 Å². The molecule has 2 rings (SSSR count). The summed E-state index contributed by atoms with van der Waals surface area (Å²) >= 11 is 0. The van der Waals surface area contributed by atoms with Gasteiger partial charge in [0.25, 0.3) is 0 Å². The Morgan fingerprint density at radius 2 is 1.87 bits per heavy atom. The molecule has 1 saturated heterocycles. The van der Waals surface area contributed by atoms with Crippen LogP contribution in [0.4, 0.5) is 4.79 Å². The monoisotopic (exact) mass is 212 g/mol. The molecule has 1 spiro atoms. The number of carbonyl (C=O) groups is 2. The van der Waals surface area contributed by atoms with E-state index in [2.05, 4.69) is 0 Å². The Morgan fingerprint density at radius 1 is 1.33 bits per heavy atom. The van der Waals surface area contributed by atoms with E-state index in [0.717, 1.165) is 12.8 Å². The summed E-state index contributed by atoms with van der Waals surface area (Å²) in [5.41, 5.74) is 0.134. The van der Waals surface area contributed by atoms with E-state index in [1.54, 1.807) is 19.0 Å². The number of carboxylic acid groups (broad SMARTS) is 1. The van der Waals surface area contributed by atoms with Crippen LogP contribution in [0.15, 0.2) is 0 Å². The van der Waals surface area contributed by atoms with E-state index < -0.39 is 6.09 Å². The van der Waals surface area contributed by atoms with Gasteiger partial charge in [0.1, 0.15) is 0 Å². The van der Waals surface area contributed by atoms with Crippen LogP contribution < -0.4 is 0 Å². The van der Waals surface area contributed by atoms with Gasteiger partial charge in [-0.05, 0) is 12.8 Å². The maximum Gasteiger partial charge on any atom is 0.407 e. The molecule has 0 unspecified atom stereocenters. The van der Waals surface area contributed by atoms with Gasteiger partial charge in [0.2, 0.25) is 5.91 Å². The Kier molecular flexibility index (Phi) is 2.13. The number of nitrogens with zero attached hydrogens (tertiary/aromatic N) is 2. The summed E-state index contributed by atoms with van der Waals surface area (Å²) in [7, 11) is 3.52. The zero-order chi connectivity index (χ0) is 11.2. The van der Waals surface area contributed by atoms with E-state index in [9.17, 15) is 9.59 Å². The number of rotatable bonds is 1. The third-order valence-corrected chi connectivity index (χ3v) is 3.47. The summed E-state index contributed by atoms with van der Waals surface area (Å²) in [5.74, 6) is 0.297. The maximum atomic E-state index is 11.6. The fourth-order valence-corrected chi connectivity index (χ4v) is 2.68. The second-order valence-electron chi connectivity index (χ2n) is 4.98. The fourth-order valence-electron chi connectivity index (χ4n) is 2.68. The van der Waals surface area contributed by atoms with Gasteiger partial charge in [0.15, 0.2) is 0 Å². The van der Waals surface area contributed by atoms with Gasteiger partial charge in [-0.15, -0.1) is 0 Å². The first-order valence-electron chi connectivity index (χ1n) is 5.13. The third-order valence-electron chi connectivity index (χ3n) is 3.47. The molecule has 1 aliphatic heterocycles. The topological polar surface area (TPSA) is 60.9 Å². The lowest BCUT2D eigenvalue weighted by molar-refractivity contribution is -0.149. The van der Waals surface area contributed by atoms with Crippen LogP contribution >= 0.6 is 0 Å². The Balaban J connectivity index is 1.80. The summed E-state index contributed by atoms with van der Waals surface area (Å²) in [6, 6.07) is 0. The smallest absolute Gasteiger partial charge is 0.407 e. The van der Waals surface area contributed by atoms with Crippen LogP contribution in [0, 0.1) is 11.3 Å². The Bertz CT molecular complexity index is 300. The number of hydrogen-bond donors (Lipinski definition) is 1. The highest BCUT2D eigenvalue weighted by Gasteiger charge is 2.55. The molecule has 2 fully saturated rings. The van der Waals surface area contributed by atoms with Crippen molar-refractivity contribution in [2.45, 2.75) is 12.8 Å². The molecule has 5 heteroatoms. The van der Waals surface area contributed by atoms with Gasteiger partial charge in [-0.1, -0.05) is 0 Å². The van der Waals surface area contributed by atoms with Gasteiger partial charge in [0.05, 0.1) is 0 Å². The van der Waals surface area contributed by atoms with Crippen molar-refractivity contribution in [1.82, 2.24) is 9.80 Å². The average molecular weight is 212 g/mol. The average Bonchev–Trinajstić information content (AvgIpc) is 1.97. The third kappa shape index (κ3) is 1.56. The number of hydrogen-bond acceptors (Lipinski definition) is 2. The first-order valence-corrected chi connectivity index (χ1v) is 5.13. The number of amides is 2. The molecule has 0 bridgehead atoms. The molecule has 0 aromatic heterocycles. The largest absolute Gasteiger partial charge is 0.465 e. The van der Waals surface area contributed by atoms with Crippen LogP contribution in [-0.4, -0.2) is 54.1 Å². The van der Waals surface area contributed by atoms with Crippen molar-refractivity contribution in [3.63, 3.8) is 0 Å². The van der Waals surface area contributed by atoms with Gasteiger partial charge in [-0.25, -0.2) is 4.79 Å². The van der Waals surface area contributed by atoms with Crippen molar-refractivity contribution in [1.29, 1.82) is 0 Å². The quantitative estimate of drug-likeness (QED) is 0.687. The zero-order valence-corrected chi connectivity index (χ0v) is 9.06. The molecule has 15 heavy (non-hydrogen) atoms.